The van der Waals surface area contributed by atoms with Crippen molar-refractivity contribution >= 4 is 28.9 Å². The van der Waals surface area contributed by atoms with E-state index in [4.69, 9.17) is 4.74 Å². The van der Waals surface area contributed by atoms with Crippen LogP contribution in [0.1, 0.15) is 5.56 Å². The van der Waals surface area contributed by atoms with Crippen LogP contribution in [-0.2, 0) is 4.79 Å². The first-order valence-corrected chi connectivity index (χ1v) is 7.39. The molecule has 4 nitrogen and oxygen atoms in total. The molecule has 2 aliphatic rings. The highest BCUT2D eigenvalue weighted by Crippen LogP contribution is 2.43. The molecule has 1 saturated heterocycles. The summed E-state index contributed by atoms with van der Waals surface area (Å²) >= 11 is 1.64. The molecule has 0 radical (unpaired) electrons. The molecule has 19 heavy (non-hydrogen) atoms. The average molecular weight is 276 g/mol. The highest BCUT2D eigenvalue weighted by atomic mass is 32.2. The number of hydrogen-bond acceptors (Lipinski definition) is 4. The zero-order valence-corrected chi connectivity index (χ0v) is 12.1. The lowest BCUT2D eigenvalue weighted by Crippen LogP contribution is -2.21. The number of ether oxygens (including phenoxy) is 1. The van der Waals surface area contributed by atoms with Gasteiger partial charge in [0.1, 0.15) is 5.75 Å². The van der Waals surface area contributed by atoms with Gasteiger partial charge in [0.15, 0.2) is 0 Å². The van der Waals surface area contributed by atoms with Gasteiger partial charge in [-0.3, -0.25) is 4.79 Å². The molecule has 0 atom stereocenters. The van der Waals surface area contributed by atoms with Crippen LogP contribution in [0.3, 0.4) is 0 Å². The maximum atomic E-state index is 12.5. The summed E-state index contributed by atoms with van der Waals surface area (Å²) in [4.78, 5) is 16.4. The summed E-state index contributed by atoms with van der Waals surface area (Å²) in [7, 11) is 3.46. The Morgan fingerprint density at radius 3 is 2.68 bits per heavy atom. The molecule has 5 heteroatoms. The normalized spacial score (nSPS) is 19.6. The van der Waals surface area contributed by atoms with Gasteiger partial charge < -0.3 is 14.5 Å². The van der Waals surface area contributed by atoms with Crippen molar-refractivity contribution in [3.63, 3.8) is 0 Å². The molecule has 0 aliphatic carbocycles. The fraction of sp³-hybridized carbons (Fsp3) is 0.357. The van der Waals surface area contributed by atoms with Crippen LogP contribution >= 0.6 is 11.8 Å². The number of methoxy groups -OCH3 is 1. The molecule has 1 aromatic rings. The Morgan fingerprint density at radius 1 is 1.37 bits per heavy atom. The summed E-state index contributed by atoms with van der Waals surface area (Å²) in [5.41, 5.74) is 2.73. The minimum absolute atomic E-state index is 0.0690. The Bertz CT molecular complexity index is 579. The summed E-state index contributed by atoms with van der Waals surface area (Å²) in [6.45, 7) is 2.08. The Labute approximate surface area is 117 Å². The smallest absolute Gasteiger partial charge is 0.261 e. The zero-order valence-electron chi connectivity index (χ0n) is 11.3. The van der Waals surface area contributed by atoms with E-state index in [2.05, 4.69) is 4.90 Å². The number of likely N-dealkylation sites (N-methyl/N-ethyl adjacent to an activating group) is 1. The van der Waals surface area contributed by atoms with Crippen LogP contribution in [-0.4, -0.2) is 44.3 Å². The molecule has 100 valence electrons. The fourth-order valence-electron chi connectivity index (χ4n) is 2.38. The molecule has 0 aromatic heterocycles. The van der Waals surface area contributed by atoms with E-state index in [1.165, 1.54) is 0 Å². The van der Waals surface area contributed by atoms with Gasteiger partial charge in [-0.25, -0.2) is 0 Å². The summed E-state index contributed by atoms with van der Waals surface area (Å²) < 4.78 is 5.27. The first-order chi connectivity index (χ1) is 9.17. The third-order valence-electron chi connectivity index (χ3n) is 3.49. The summed E-state index contributed by atoms with van der Waals surface area (Å²) in [5, 5.41) is 1.07. The van der Waals surface area contributed by atoms with Crippen molar-refractivity contribution in [2.75, 3.05) is 38.4 Å². The minimum atomic E-state index is 0.0690. The van der Waals surface area contributed by atoms with E-state index in [0.717, 1.165) is 40.7 Å². The molecular weight excluding hydrogens is 260 g/mol. The quantitative estimate of drug-likeness (QED) is 0.624. The number of hydrogen-bond donors (Lipinski definition) is 0. The lowest BCUT2D eigenvalue weighted by Gasteiger charge is -2.10. The van der Waals surface area contributed by atoms with E-state index in [-0.39, 0.29) is 5.91 Å². The molecule has 0 spiro atoms. The van der Waals surface area contributed by atoms with Gasteiger partial charge in [-0.2, -0.15) is 0 Å². The van der Waals surface area contributed by atoms with Gasteiger partial charge >= 0.3 is 0 Å². The maximum absolute atomic E-state index is 12.5. The molecule has 1 fully saturated rings. The van der Waals surface area contributed by atoms with Crippen LogP contribution in [0.5, 0.6) is 5.75 Å². The van der Waals surface area contributed by atoms with Gasteiger partial charge in [-0.15, -0.1) is 11.8 Å². The SMILES string of the molecule is COc1ccc2c(c1)/C(=C(/SC)N1CC1)C(=O)N2C. The van der Waals surface area contributed by atoms with Gasteiger partial charge in [-0.1, -0.05) is 0 Å². The van der Waals surface area contributed by atoms with Gasteiger partial charge in [-0.05, 0) is 24.5 Å². The van der Waals surface area contributed by atoms with Crippen LogP contribution in [0.2, 0.25) is 0 Å². The molecule has 3 rings (SSSR count). The summed E-state index contributed by atoms with van der Waals surface area (Å²) in [6.07, 6.45) is 2.02. The third kappa shape index (κ3) is 1.89. The van der Waals surface area contributed by atoms with Crippen LogP contribution in [0.15, 0.2) is 23.2 Å². The predicted molar refractivity (Wildman–Crippen MR) is 78.4 cm³/mol. The number of fused-ring (bicyclic) bond motifs is 1. The lowest BCUT2D eigenvalue weighted by atomic mass is 10.1. The number of amides is 1. The first kappa shape index (κ1) is 12.4. The maximum Gasteiger partial charge on any atom is 0.261 e. The number of nitrogens with zero attached hydrogens (tertiary/aromatic N) is 2. The minimum Gasteiger partial charge on any atom is -0.497 e. The number of anilines is 1. The Kier molecular flexibility index (Phi) is 2.93. The molecule has 1 amide bonds. The average Bonchev–Trinajstić information content (AvgIpc) is 3.23. The second kappa shape index (κ2) is 4.49. The van der Waals surface area contributed by atoms with Crippen LogP contribution in [0, 0.1) is 0 Å². The van der Waals surface area contributed by atoms with E-state index >= 15 is 0 Å². The molecule has 0 saturated carbocycles. The van der Waals surface area contributed by atoms with Crippen molar-refractivity contribution in [3.8, 4) is 5.75 Å². The highest BCUT2D eigenvalue weighted by molar-refractivity contribution is 8.02. The van der Waals surface area contributed by atoms with E-state index in [1.807, 2.05) is 31.5 Å². The monoisotopic (exact) mass is 276 g/mol. The number of thioether (sulfide) groups is 1. The van der Waals surface area contributed by atoms with Crippen LogP contribution in [0.4, 0.5) is 5.69 Å². The fourth-order valence-corrected chi connectivity index (χ4v) is 3.22. The Morgan fingerprint density at radius 2 is 2.11 bits per heavy atom. The predicted octanol–water partition coefficient (Wildman–Crippen LogP) is 2.02. The molecule has 0 N–H and O–H groups in total. The van der Waals surface area contributed by atoms with Crippen molar-refractivity contribution < 1.29 is 9.53 Å². The molecule has 1 aromatic carbocycles. The van der Waals surface area contributed by atoms with Gasteiger partial charge in [0, 0.05) is 25.7 Å². The van der Waals surface area contributed by atoms with E-state index in [0.29, 0.717) is 0 Å². The standard InChI is InChI=1S/C14H16N2O2S/c1-15-11-5-4-9(18-2)8-10(11)12(13(15)17)14(19-3)16-6-7-16/h4-5,8H,6-7H2,1-3H3/b14-12-. The summed E-state index contributed by atoms with van der Waals surface area (Å²) in [5.74, 6) is 0.852. The van der Waals surface area contributed by atoms with Crippen LogP contribution in [0.25, 0.3) is 5.57 Å². The van der Waals surface area contributed by atoms with E-state index < -0.39 is 0 Å². The molecular formula is C14H16N2O2S. The van der Waals surface area contributed by atoms with Crippen molar-refractivity contribution in [3.05, 3.63) is 28.8 Å². The van der Waals surface area contributed by atoms with Crippen LogP contribution < -0.4 is 9.64 Å². The second-order valence-corrected chi connectivity index (χ2v) is 5.41. The number of carbonyl (C=O) groups excluding carboxylic acids is 1. The molecule has 2 aliphatic heterocycles. The Hall–Kier alpha value is -1.62. The highest BCUT2D eigenvalue weighted by Gasteiger charge is 2.36. The largest absolute Gasteiger partial charge is 0.497 e. The molecule has 0 unspecified atom stereocenters. The third-order valence-corrected chi connectivity index (χ3v) is 4.34. The zero-order chi connectivity index (χ0) is 13.6. The number of rotatable bonds is 3. The van der Waals surface area contributed by atoms with E-state index in [1.54, 1.807) is 23.8 Å². The van der Waals surface area contributed by atoms with Gasteiger partial charge in [0.25, 0.3) is 5.91 Å². The van der Waals surface area contributed by atoms with Crippen molar-refractivity contribution in [1.82, 2.24) is 4.90 Å². The first-order valence-electron chi connectivity index (χ1n) is 6.17. The van der Waals surface area contributed by atoms with Crippen molar-refractivity contribution in [1.29, 1.82) is 0 Å². The summed E-state index contributed by atoms with van der Waals surface area (Å²) in [6, 6.07) is 5.78. The van der Waals surface area contributed by atoms with Gasteiger partial charge in [0.05, 0.1) is 23.4 Å². The van der Waals surface area contributed by atoms with Gasteiger partial charge in [0.2, 0.25) is 0 Å². The lowest BCUT2D eigenvalue weighted by molar-refractivity contribution is -0.112. The number of carbonyl (C=O) groups is 1. The topological polar surface area (TPSA) is 32.6 Å². The molecule has 2 heterocycles. The number of benzene rings is 1. The molecule has 0 bridgehead atoms. The van der Waals surface area contributed by atoms with Crippen molar-refractivity contribution in [2.45, 2.75) is 0 Å². The Balaban J connectivity index is 2.19. The van der Waals surface area contributed by atoms with E-state index in [9.17, 15) is 4.79 Å². The van der Waals surface area contributed by atoms with Crippen molar-refractivity contribution in [2.24, 2.45) is 0 Å². The second-order valence-electron chi connectivity index (χ2n) is 4.62.